The van der Waals surface area contributed by atoms with E-state index < -0.39 is 5.54 Å². The van der Waals surface area contributed by atoms with Gasteiger partial charge in [0.25, 0.3) is 0 Å². The number of aromatic nitrogens is 2. The fraction of sp³-hybridized carbons (Fsp3) is 0.556. The molecule has 74 valence electrons. The first-order valence-corrected chi connectivity index (χ1v) is 5.31. The van der Waals surface area contributed by atoms with Crippen LogP contribution in [0.5, 0.6) is 0 Å². The Bertz CT molecular complexity index is 376. The van der Waals surface area contributed by atoms with E-state index in [0.717, 1.165) is 17.3 Å². The zero-order valence-electron chi connectivity index (χ0n) is 7.65. The van der Waals surface area contributed by atoms with Crippen LogP contribution < -0.4 is 5.73 Å². The molecule has 4 nitrogen and oxygen atoms in total. The van der Waals surface area contributed by atoms with Crippen LogP contribution in [0.2, 0.25) is 0 Å². The Kier molecular flexibility index (Phi) is 2.33. The lowest BCUT2D eigenvalue weighted by molar-refractivity contribution is 0.384. The summed E-state index contributed by atoms with van der Waals surface area (Å²) < 4.78 is 2.62. The molecule has 1 atom stereocenters. The van der Waals surface area contributed by atoms with Gasteiger partial charge in [-0.1, -0.05) is 0 Å². The van der Waals surface area contributed by atoms with Crippen LogP contribution in [0.4, 0.5) is 0 Å². The zero-order chi connectivity index (χ0) is 10.2. The Morgan fingerprint density at radius 3 is 2.93 bits per heavy atom. The molecule has 0 amide bonds. The van der Waals surface area contributed by atoms with Gasteiger partial charge < -0.3 is 5.73 Å². The van der Waals surface area contributed by atoms with Gasteiger partial charge in [0, 0.05) is 6.20 Å². The van der Waals surface area contributed by atoms with Crippen LogP contribution in [-0.2, 0) is 6.54 Å². The van der Waals surface area contributed by atoms with Gasteiger partial charge in [0.2, 0.25) is 0 Å². The molecule has 1 aromatic heterocycles. The van der Waals surface area contributed by atoms with Crippen molar-refractivity contribution < 1.29 is 0 Å². The van der Waals surface area contributed by atoms with Gasteiger partial charge in [-0.2, -0.15) is 10.4 Å². The second-order valence-electron chi connectivity index (χ2n) is 3.78. The normalized spacial score (nSPS) is 20.1. The third-order valence-corrected chi connectivity index (χ3v) is 2.95. The van der Waals surface area contributed by atoms with Gasteiger partial charge >= 0.3 is 0 Å². The summed E-state index contributed by atoms with van der Waals surface area (Å²) in [4.78, 5) is 0. The summed E-state index contributed by atoms with van der Waals surface area (Å²) in [5.74, 6) is 0.343. The maximum absolute atomic E-state index is 9.04. The molecule has 1 aliphatic rings. The monoisotopic (exact) mass is 254 g/mol. The molecule has 0 bridgehead atoms. The minimum atomic E-state index is -0.745. The quantitative estimate of drug-likeness (QED) is 0.884. The number of hydrogen-bond acceptors (Lipinski definition) is 3. The van der Waals surface area contributed by atoms with Gasteiger partial charge in [-0.15, -0.1) is 0 Å². The van der Waals surface area contributed by atoms with E-state index in [1.165, 1.54) is 0 Å². The molecule has 1 heterocycles. The molecular weight excluding hydrogens is 244 g/mol. The average Bonchev–Trinajstić information content (AvgIpc) is 2.93. The first-order valence-electron chi connectivity index (χ1n) is 4.52. The SMILES string of the molecule is N#CC(N)(Cn1cc(Br)cn1)C1CC1. The second-order valence-corrected chi connectivity index (χ2v) is 4.70. The Balaban J connectivity index is 2.12. The number of nitrogens with two attached hydrogens (primary N) is 1. The second kappa shape index (κ2) is 3.37. The first kappa shape index (κ1) is 9.69. The van der Waals surface area contributed by atoms with Crippen LogP contribution in [-0.4, -0.2) is 15.3 Å². The minimum Gasteiger partial charge on any atom is -0.312 e. The van der Waals surface area contributed by atoms with Crippen LogP contribution in [0.15, 0.2) is 16.9 Å². The predicted octanol–water partition coefficient (Wildman–Crippen LogP) is 1.28. The summed E-state index contributed by atoms with van der Waals surface area (Å²) >= 11 is 3.31. The summed E-state index contributed by atoms with van der Waals surface area (Å²) in [6.07, 6.45) is 5.66. The summed E-state index contributed by atoms with van der Waals surface area (Å²) in [6.45, 7) is 0.472. The van der Waals surface area contributed by atoms with Crippen molar-refractivity contribution in [3.63, 3.8) is 0 Å². The summed E-state index contributed by atoms with van der Waals surface area (Å²) in [5, 5.41) is 13.1. The van der Waals surface area contributed by atoms with E-state index >= 15 is 0 Å². The fourth-order valence-electron chi connectivity index (χ4n) is 1.55. The molecule has 0 aliphatic heterocycles. The van der Waals surface area contributed by atoms with Crippen LogP contribution >= 0.6 is 15.9 Å². The van der Waals surface area contributed by atoms with Crippen molar-refractivity contribution in [2.45, 2.75) is 24.9 Å². The lowest BCUT2D eigenvalue weighted by atomic mass is 9.97. The molecule has 5 heteroatoms. The van der Waals surface area contributed by atoms with Crippen molar-refractivity contribution in [1.82, 2.24) is 9.78 Å². The van der Waals surface area contributed by atoms with Gasteiger partial charge in [0.05, 0.1) is 23.3 Å². The van der Waals surface area contributed by atoms with Crippen LogP contribution in [0.25, 0.3) is 0 Å². The molecule has 0 aromatic carbocycles. The lowest BCUT2D eigenvalue weighted by Crippen LogP contribution is -2.45. The summed E-state index contributed by atoms with van der Waals surface area (Å²) in [5.41, 5.74) is 5.26. The van der Waals surface area contributed by atoms with E-state index in [1.54, 1.807) is 10.9 Å². The highest BCUT2D eigenvalue weighted by molar-refractivity contribution is 9.10. The van der Waals surface area contributed by atoms with Gasteiger partial charge in [-0.3, -0.25) is 4.68 Å². The van der Waals surface area contributed by atoms with E-state index in [0.29, 0.717) is 12.5 Å². The maximum atomic E-state index is 9.04. The molecule has 2 N–H and O–H groups in total. The molecular formula is C9H11BrN4. The molecule has 0 saturated heterocycles. The van der Waals surface area contributed by atoms with Crippen molar-refractivity contribution >= 4 is 15.9 Å². The molecule has 1 fully saturated rings. The van der Waals surface area contributed by atoms with Gasteiger partial charge in [0.1, 0.15) is 5.54 Å². The third-order valence-electron chi connectivity index (χ3n) is 2.54. The molecule has 1 saturated carbocycles. The standard InChI is InChI=1S/C9H11BrN4/c10-8-3-13-14(4-8)6-9(12,5-11)7-1-2-7/h3-4,7H,1-2,6,12H2. The van der Waals surface area contributed by atoms with Crippen molar-refractivity contribution in [2.24, 2.45) is 11.7 Å². The third kappa shape index (κ3) is 1.81. The summed E-state index contributed by atoms with van der Waals surface area (Å²) in [6, 6.07) is 2.20. The number of halogens is 1. The van der Waals surface area contributed by atoms with Crippen molar-refractivity contribution in [3.05, 3.63) is 16.9 Å². The fourth-order valence-corrected chi connectivity index (χ4v) is 1.87. The molecule has 1 aromatic rings. The van der Waals surface area contributed by atoms with E-state index in [-0.39, 0.29) is 0 Å². The molecule has 2 rings (SSSR count). The topological polar surface area (TPSA) is 67.6 Å². The smallest absolute Gasteiger partial charge is 0.126 e. The Morgan fingerprint density at radius 1 is 1.79 bits per heavy atom. The number of nitriles is 1. The number of nitrogens with zero attached hydrogens (tertiary/aromatic N) is 3. The minimum absolute atomic E-state index is 0.343. The average molecular weight is 255 g/mol. The van der Waals surface area contributed by atoms with Crippen molar-refractivity contribution in [1.29, 1.82) is 5.26 Å². The van der Waals surface area contributed by atoms with Gasteiger partial charge in [0.15, 0.2) is 0 Å². The van der Waals surface area contributed by atoms with Crippen LogP contribution in [0, 0.1) is 17.2 Å². The highest BCUT2D eigenvalue weighted by atomic mass is 79.9. The van der Waals surface area contributed by atoms with E-state index in [2.05, 4.69) is 27.1 Å². The molecule has 1 unspecified atom stereocenters. The van der Waals surface area contributed by atoms with Crippen molar-refractivity contribution in [2.75, 3.05) is 0 Å². The predicted molar refractivity (Wildman–Crippen MR) is 55.2 cm³/mol. The highest BCUT2D eigenvalue weighted by Crippen LogP contribution is 2.38. The lowest BCUT2D eigenvalue weighted by Gasteiger charge is -2.20. The van der Waals surface area contributed by atoms with Crippen LogP contribution in [0.3, 0.4) is 0 Å². The van der Waals surface area contributed by atoms with E-state index in [4.69, 9.17) is 11.0 Å². The largest absolute Gasteiger partial charge is 0.312 e. The number of hydrogen-bond donors (Lipinski definition) is 1. The Labute approximate surface area is 90.8 Å². The van der Waals surface area contributed by atoms with E-state index in [9.17, 15) is 0 Å². The van der Waals surface area contributed by atoms with E-state index in [1.807, 2.05) is 6.20 Å². The highest BCUT2D eigenvalue weighted by Gasteiger charge is 2.43. The van der Waals surface area contributed by atoms with Crippen molar-refractivity contribution in [3.8, 4) is 6.07 Å². The molecule has 14 heavy (non-hydrogen) atoms. The van der Waals surface area contributed by atoms with Gasteiger partial charge in [-0.25, -0.2) is 0 Å². The molecule has 0 radical (unpaired) electrons. The summed E-state index contributed by atoms with van der Waals surface area (Å²) in [7, 11) is 0. The first-order chi connectivity index (χ1) is 6.64. The molecule has 0 spiro atoms. The zero-order valence-corrected chi connectivity index (χ0v) is 9.24. The maximum Gasteiger partial charge on any atom is 0.126 e. The van der Waals surface area contributed by atoms with Crippen LogP contribution in [0.1, 0.15) is 12.8 Å². The number of rotatable bonds is 3. The Hall–Kier alpha value is -0.860. The van der Waals surface area contributed by atoms with Gasteiger partial charge in [-0.05, 0) is 34.7 Å². The Morgan fingerprint density at radius 2 is 2.50 bits per heavy atom. The molecule has 1 aliphatic carbocycles.